The summed E-state index contributed by atoms with van der Waals surface area (Å²) in [4.78, 5) is 13.4. The quantitative estimate of drug-likeness (QED) is 0.558. The Kier molecular flexibility index (Phi) is 7.18. The van der Waals surface area contributed by atoms with Crippen LogP contribution in [0, 0.1) is 0 Å². The van der Waals surface area contributed by atoms with Crippen molar-refractivity contribution in [2.75, 3.05) is 0 Å². The van der Waals surface area contributed by atoms with E-state index in [1.165, 1.54) is 5.57 Å². The van der Waals surface area contributed by atoms with Crippen molar-refractivity contribution in [1.29, 1.82) is 0 Å². The summed E-state index contributed by atoms with van der Waals surface area (Å²) in [5.74, 6) is 0. The van der Waals surface area contributed by atoms with E-state index in [-0.39, 0.29) is 0 Å². The van der Waals surface area contributed by atoms with Gasteiger partial charge in [-0.05, 0) is 39.8 Å². The molecule has 20 heavy (non-hydrogen) atoms. The van der Waals surface area contributed by atoms with E-state index in [2.05, 4.69) is 34.9 Å². The highest BCUT2D eigenvalue weighted by molar-refractivity contribution is 6.01. The second kappa shape index (κ2) is 8.97. The maximum absolute atomic E-state index is 4.68. The lowest BCUT2D eigenvalue weighted by molar-refractivity contribution is 0.981. The largest absolute Gasteiger partial charge is 0.281 e. The van der Waals surface area contributed by atoms with E-state index in [1.807, 2.05) is 38.1 Å². The van der Waals surface area contributed by atoms with Crippen LogP contribution in [0.5, 0.6) is 0 Å². The Hall–Kier alpha value is -2.03. The lowest BCUT2D eigenvalue weighted by Crippen LogP contribution is -2.02. The third-order valence-corrected chi connectivity index (χ3v) is 2.70. The molecule has 0 aliphatic rings. The van der Waals surface area contributed by atoms with Crippen molar-refractivity contribution < 1.29 is 0 Å². The zero-order chi connectivity index (χ0) is 14.8. The maximum Gasteiger partial charge on any atom is 0.0816 e. The Balaban J connectivity index is 2.94. The van der Waals surface area contributed by atoms with Crippen molar-refractivity contribution in [3.05, 3.63) is 53.5 Å². The van der Waals surface area contributed by atoms with Crippen molar-refractivity contribution in [3.8, 4) is 0 Å². The van der Waals surface area contributed by atoms with E-state index in [9.17, 15) is 0 Å². The number of aliphatic imine (C=N–C) groups is 2. The number of rotatable bonds is 6. The first-order valence-corrected chi connectivity index (χ1v) is 6.89. The smallest absolute Gasteiger partial charge is 0.0816 e. The fraction of sp³-hybridized carbons (Fsp3) is 0.353. The molecule has 0 radical (unpaired) electrons. The molecule has 3 heteroatoms. The Bertz CT molecular complexity index is 518. The minimum Gasteiger partial charge on any atom is -0.281 e. The molecule has 0 saturated heterocycles. The molecule has 106 valence electrons. The molecule has 1 aromatic heterocycles. The minimum absolute atomic E-state index is 0.587. The number of hydrogen-bond acceptors (Lipinski definition) is 3. The number of hydrogen-bond donors (Lipinski definition) is 0. The van der Waals surface area contributed by atoms with Gasteiger partial charge in [0, 0.05) is 18.8 Å². The summed E-state index contributed by atoms with van der Waals surface area (Å²) < 4.78 is 0. The van der Waals surface area contributed by atoms with Crippen molar-refractivity contribution >= 4 is 11.9 Å². The molecule has 0 aromatic carbocycles. The fourth-order valence-corrected chi connectivity index (χ4v) is 1.67. The zero-order valence-corrected chi connectivity index (χ0v) is 12.8. The van der Waals surface area contributed by atoms with Crippen LogP contribution in [-0.4, -0.2) is 16.9 Å². The van der Waals surface area contributed by atoms with E-state index in [4.69, 9.17) is 0 Å². The third kappa shape index (κ3) is 5.74. The molecule has 0 saturated carbocycles. The van der Waals surface area contributed by atoms with Gasteiger partial charge in [0.15, 0.2) is 0 Å². The Morgan fingerprint density at radius 2 is 2.05 bits per heavy atom. The first kappa shape index (κ1) is 16.0. The van der Waals surface area contributed by atoms with Crippen LogP contribution in [0.2, 0.25) is 0 Å². The fourth-order valence-electron chi connectivity index (χ4n) is 1.67. The molecule has 0 unspecified atom stereocenters. The molecule has 0 bridgehead atoms. The van der Waals surface area contributed by atoms with E-state index in [0.29, 0.717) is 6.54 Å². The summed E-state index contributed by atoms with van der Waals surface area (Å²) in [6, 6.07) is 5.88. The Morgan fingerprint density at radius 3 is 2.60 bits per heavy atom. The molecule has 0 N–H and O–H groups in total. The van der Waals surface area contributed by atoms with Crippen LogP contribution in [0.1, 0.15) is 39.8 Å². The summed E-state index contributed by atoms with van der Waals surface area (Å²) >= 11 is 0. The molecule has 1 heterocycles. The van der Waals surface area contributed by atoms with Crippen LogP contribution >= 0.6 is 0 Å². The van der Waals surface area contributed by atoms with Gasteiger partial charge < -0.3 is 0 Å². The van der Waals surface area contributed by atoms with Gasteiger partial charge in [-0.15, -0.1) is 0 Å². The molecule has 3 nitrogen and oxygen atoms in total. The molecule has 0 amide bonds. The van der Waals surface area contributed by atoms with Gasteiger partial charge in [0.05, 0.1) is 23.6 Å². The average molecular weight is 269 g/mol. The van der Waals surface area contributed by atoms with Crippen LogP contribution in [0.4, 0.5) is 0 Å². The normalized spacial score (nSPS) is 12.8. The Labute approximate surface area is 121 Å². The van der Waals surface area contributed by atoms with E-state index in [0.717, 1.165) is 23.5 Å². The first-order chi connectivity index (χ1) is 9.67. The summed E-state index contributed by atoms with van der Waals surface area (Å²) in [6.45, 7) is 8.68. The lowest BCUT2D eigenvalue weighted by atomic mass is 10.1. The van der Waals surface area contributed by atoms with Gasteiger partial charge >= 0.3 is 0 Å². The predicted molar refractivity (Wildman–Crippen MR) is 87.3 cm³/mol. The number of aromatic nitrogens is 1. The molecular weight excluding hydrogens is 246 g/mol. The Morgan fingerprint density at radius 1 is 1.25 bits per heavy atom. The molecule has 1 rings (SSSR count). The number of pyridine rings is 1. The molecule has 0 atom stereocenters. The highest BCUT2D eigenvalue weighted by Gasteiger charge is 2.03. The van der Waals surface area contributed by atoms with E-state index < -0.39 is 0 Å². The second-order valence-corrected chi connectivity index (χ2v) is 4.63. The van der Waals surface area contributed by atoms with Crippen molar-refractivity contribution in [3.63, 3.8) is 0 Å². The van der Waals surface area contributed by atoms with E-state index in [1.54, 1.807) is 12.4 Å². The first-order valence-electron chi connectivity index (χ1n) is 6.89. The summed E-state index contributed by atoms with van der Waals surface area (Å²) in [5, 5.41) is 0. The summed E-state index contributed by atoms with van der Waals surface area (Å²) in [6.07, 6.45) is 8.56. The SMILES string of the molecule is CC=N/C(=C\C)C(CC=C(C)C)=NCc1ccccn1. The standard InChI is InChI=1S/C17H23N3/c1-5-16(18-6-2)17(11-10-14(3)4)20-13-15-9-7-8-12-19-15/h5-10,12H,11,13H2,1-4H3/b16-5-,18-6?,20-17?. The molecule has 1 aromatic rings. The highest BCUT2D eigenvalue weighted by atomic mass is 14.8. The van der Waals surface area contributed by atoms with Gasteiger partial charge in [0.25, 0.3) is 0 Å². The van der Waals surface area contributed by atoms with Gasteiger partial charge in [-0.1, -0.05) is 23.8 Å². The van der Waals surface area contributed by atoms with Crippen LogP contribution < -0.4 is 0 Å². The topological polar surface area (TPSA) is 37.6 Å². The van der Waals surface area contributed by atoms with Gasteiger partial charge in [0.1, 0.15) is 0 Å². The van der Waals surface area contributed by atoms with Crippen molar-refractivity contribution in [1.82, 2.24) is 4.98 Å². The zero-order valence-electron chi connectivity index (χ0n) is 12.8. The molecule has 0 aliphatic carbocycles. The van der Waals surface area contributed by atoms with Crippen molar-refractivity contribution in [2.45, 2.75) is 40.7 Å². The van der Waals surface area contributed by atoms with Gasteiger partial charge in [0.2, 0.25) is 0 Å². The van der Waals surface area contributed by atoms with Crippen LogP contribution in [-0.2, 0) is 6.54 Å². The van der Waals surface area contributed by atoms with Crippen LogP contribution in [0.25, 0.3) is 0 Å². The number of allylic oxidation sites excluding steroid dienone is 4. The predicted octanol–water partition coefficient (Wildman–Crippen LogP) is 4.37. The van der Waals surface area contributed by atoms with Gasteiger partial charge in [-0.25, -0.2) is 0 Å². The van der Waals surface area contributed by atoms with Crippen molar-refractivity contribution in [2.24, 2.45) is 9.98 Å². The monoisotopic (exact) mass is 269 g/mol. The minimum atomic E-state index is 0.587. The average Bonchev–Trinajstić information content (AvgIpc) is 2.46. The maximum atomic E-state index is 4.68. The van der Waals surface area contributed by atoms with Crippen LogP contribution in [0.15, 0.2) is 57.8 Å². The number of nitrogens with zero attached hydrogens (tertiary/aromatic N) is 3. The van der Waals surface area contributed by atoms with Gasteiger partial charge in [-0.2, -0.15) is 0 Å². The molecule has 0 fully saturated rings. The lowest BCUT2D eigenvalue weighted by Gasteiger charge is -2.05. The third-order valence-electron chi connectivity index (χ3n) is 2.70. The summed E-state index contributed by atoms with van der Waals surface area (Å²) in [7, 11) is 0. The van der Waals surface area contributed by atoms with Gasteiger partial charge in [-0.3, -0.25) is 15.0 Å². The molecule has 0 aliphatic heterocycles. The second-order valence-electron chi connectivity index (χ2n) is 4.63. The van der Waals surface area contributed by atoms with Crippen LogP contribution in [0.3, 0.4) is 0 Å². The molecular formula is C17H23N3. The van der Waals surface area contributed by atoms with E-state index >= 15 is 0 Å². The molecule has 0 spiro atoms. The summed E-state index contributed by atoms with van der Waals surface area (Å²) in [5.41, 5.74) is 4.18. The highest BCUT2D eigenvalue weighted by Crippen LogP contribution is 2.09.